The molecule has 1 saturated carbocycles. The van der Waals surface area contributed by atoms with Crippen molar-refractivity contribution in [2.75, 3.05) is 44.7 Å². The van der Waals surface area contributed by atoms with Gasteiger partial charge in [0.25, 0.3) is 0 Å². The first-order chi connectivity index (χ1) is 11.7. The average molecular weight is 330 g/mol. The van der Waals surface area contributed by atoms with Gasteiger partial charge in [0.05, 0.1) is 0 Å². The summed E-state index contributed by atoms with van der Waals surface area (Å²) in [5.74, 6) is 2.73. The van der Waals surface area contributed by atoms with Gasteiger partial charge in [0.2, 0.25) is 0 Å². The molecule has 0 spiro atoms. The second-order valence-electron chi connectivity index (χ2n) is 6.84. The molecule has 6 heteroatoms. The molecule has 132 valence electrons. The topological polar surface area (TPSA) is 55.8 Å². The summed E-state index contributed by atoms with van der Waals surface area (Å²) in [6, 6.07) is 4.88. The first-order valence-electron chi connectivity index (χ1n) is 9.09. The molecular weight excluding hydrogens is 300 g/mol. The van der Waals surface area contributed by atoms with Crippen molar-refractivity contribution in [1.82, 2.24) is 20.5 Å². The van der Waals surface area contributed by atoms with Crippen molar-refractivity contribution >= 4 is 11.8 Å². The number of nitrogens with one attached hydrogen (secondary N) is 2. The summed E-state index contributed by atoms with van der Waals surface area (Å²) in [5.41, 5.74) is 1.18. The summed E-state index contributed by atoms with van der Waals surface area (Å²) in [6.45, 7) is 10.8. The third kappa shape index (κ3) is 4.38. The van der Waals surface area contributed by atoms with E-state index in [-0.39, 0.29) is 0 Å². The lowest BCUT2D eigenvalue weighted by atomic mass is 10.2. The molecule has 1 aliphatic heterocycles. The molecule has 2 aliphatic rings. The summed E-state index contributed by atoms with van der Waals surface area (Å²) >= 11 is 0. The number of hydrogen-bond acceptors (Lipinski definition) is 4. The summed E-state index contributed by atoms with van der Waals surface area (Å²) in [4.78, 5) is 13.8. The quantitative estimate of drug-likeness (QED) is 0.629. The molecule has 0 radical (unpaired) electrons. The Bertz CT molecular complexity index is 547. The second-order valence-corrected chi connectivity index (χ2v) is 6.84. The van der Waals surface area contributed by atoms with Gasteiger partial charge in [0.1, 0.15) is 5.82 Å². The van der Waals surface area contributed by atoms with Crippen LogP contribution in [0.2, 0.25) is 0 Å². The third-order valence-electron chi connectivity index (χ3n) is 5.07. The van der Waals surface area contributed by atoms with Crippen LogP contribution >= 0.6 is 0 Å². The predicted octanol–water partition coefficient (Wildman–Crippen LogP) is 1.30. The van der Waals surface area contributed by atoms with Gasteiger partial charge in [-0.1, -0.05) is 19.9 Å². The number of anilines is 1. The molecule has 2 unspecified atom stereocenters. The van der Waals surface area contributed by atoms with Crippen LogP contribution in [0.25, 0.3) is 0 Å². The maximum absolute atomic E-state index is 4.65. The fraction of sp³-hybridized carbons (Fsp3) is 0.667. The van der Waals surface area contributed by atoms with Crippen LogP contribution in [0.15, 0.2) is 23.3 Å². The molecule has 1 saturated heterocycles. The number of pyridine rings is 1. The van der Waals surface area contributed by atoms with Crippen LogP contribution < -0.4 is 15.5 Å². The normalized spacial score (nSPS) is 24.8. The van der Waals surface area contributed by atoms with Gasteiger partial charge in [0.15, 0.2) is 5.96 Å². The lowest BCUT2D eigenvalue weighted by Gasteiger charge is -2.34. The van der Waals surface area contributed by atoms with Crippen molar-refractivity contribution in [3.63, 3.8) is 0 Å². The van der Waals surface area contributed by atoms with E-state index < -0.39 is 0 Å². The lowest BCUT2D eigenvalue weighted by molar-refractivity contribution is 0.270. The third-order valence-corrected chi connectivity index (χ3v) is 5.07. The Morgan fingerprint density at radius 1 is 1.29 bits per heavy atom. The van der Waals surface area contributed by atoms with E-state index in [2.05, 4.69) is 56.4 Å². The van der Waals surface area contributed by atoms with Gasteiger partial charge >= 0.3 is 0 Å². The summed E-state index contributed by atoms with van der Waals surface area (Å²) in [6.07, 6.45) is 3.21. The Morgan fingerprint density at radius 3 is 2.58 bits per heavy atom. The highest BCUT2D eigenvalue weighted by Crippen LogP contribution is 2.28. The fourth-order valence-electron chi connectivity index (χ4n) is 3.08. The van der Waals surface area contributed by atoms with E-state index in [0.717, 1.165) is 57.0 Å². The first-order valence-corrected chi connectivity index (χ1v) is 9.09. The molecule has 2 fully saturated rings. The van der Waals surface area contributed by atoms with E-state index in [1.54, 1.807) is 0 Å². The van der Waals surface area contributed by atoms with Crippen molar-refractivity contribution in [2.45, 2.75) is 32.9 Å². The van der Waals surface area contributed by atoms with Gasteiger partial charge in [-0.3, -0.25) is 4.99 Å². The molecule has 1 aliphatic carbocycles. The maximum Gasteiger partial charge on any atom is 0.191 e. The van der Waals surface area contributed by atoms with E-state index in [9.17, 15) is 0 Å². The van der Waals surface area contributed by atoms with Crippen molar-refractivity contribution < 1.29 is 0 Å². The average Bonchev–Trinajstić information content (AvgIpc) is 3.34. The minimum atomic E-state index is 0.582. The smallest absolute Gasteiger partial charge is 0.191 e. The number of hydrogen-bond donors (Lipinski definition) is 2. The van der Waals surface area contributed by atoms with E-state index >= 15 is 0 Å². The zero-order valence-electron chi connectivity index (χ0n) is 15.1. The SMILES string of the molecule is CCN1CCN(c2ccc(CNC(=NC)NC3CC3C)cn2)CC1. The molecular formula is C18H30N6. The number of aliphatic imine (C=N–C) groups is 1. The first kappa shape index (κ1) is 17.0. The zero-order valence-corrected chi connectivity index (χ0v) is 15.1. The fourth-order valence-corrected chi connectivity index (χ4v) is 3.08. The monoisotopic (exact) mass is 330 g/mol. The van der Waals surface area contributed by atoms with Crippen LogP contribution in [0.3, 0.4) is 0 Å². The number of piperazine rings is 1. The standard InChI is InChI=1S/C18H30N6/c1-4-23-7-9-24(10-8-23)17-6-5-15(12-20-17)13-21-18(19-3)22-16-11-14(16)2/h5-6,12,14,16H,4,7-11,13H2,1-3H3,(H2,19,21,22). The highest BCUT2D eigenvalue weighted by molar-refractivity contribution is 5.80. The Morgan fingerprint density at radius 2 is 2.04 bits per heavy atom. The van der Waals surface area contributed by atoms with Gasteiger partial charge in [-0.05, 0) is 30.5 Å². The van der Waals surface area contributed by atoms with E-state index in [4.69, 9.17) is 0 Å². The van der Waals surface area contributed by atoms with Crippen LogP contribution in [0.5, 0.6) is 0 Å². The van der Waals surface area contributed by atoms with Crippen LogP contribution in [-0.4, -0.2) is 61.7 Å². The number of nitrogens with zero attached hydrogens (tertiary/aromatic N) is 4. The zero-order chi connectivity index (χ0) is 16.9. The number of aromatic nitrogens is 1. The number of rotatable bonds is 5. The summed E-state index contributed by atoms with van der Waals surface area (Å²) in [5, 5.41) is 6.81. The second kappa shape index (κ2) is 7.83. The van der Waals surface area contributed by atoms with Crippen molar-refractivity contribution in [2.24, 2.45) is 10.9 Å². The summed E-state index contributed by atoms with van der Waals surface area (Å²) < 4.78 is 0. The predicted molar refractivity (Wildman–Crippen MR) is 99.5 cm³/mol. The van der Waals surface area contributed by atoms with Crippen molar-refractivity contribution in [3.05, 3.63) is 23.9 Å². The Hall–Kier alpha value is -1.82. The molecule has 1 aromatic rings. The molecule has 2 atom stereocenters. The molecule has 2 heterocycles. The Kier molecular flexibility index (Phi) is 5.56. The molecule has 1 aromatic heterocycles. The van der Waals surface area contributed by atoms with E-state index in [0.29, 0.717) is 6.04 Å². The minimum Gasteiger partial charge on any atom is -0.354 e. The summed E-state index contributed by atoms with van der Waals surface area (Å²) in [7, 11) is 1.82. The highest BCUT2D eigenvalue weighted by atomic mass is 15.3. The lowest BCUT2D eigenvalue weighted by Crippen LogP contribution is -2.46. The molecule has 0 amide bonds. The Balaban J connectivity index is 1.47. The van der Waals surface area contributed by atoms with Crippen molar-refractivity contribution in [1.29, 1.82) is 0 Å². The van der Waals surface area contributed by atoms with E-state index in [1.165, 1.54) is 12.0 Å². The van der Waals surface area contributed by atoms with Gasteiger partial charge in [-0.25, -0.2) is 4.98 Å². The van der Waals surface area contributed by atoms with Crippen LogP contribution in [0.1, 0.15) is 25.8 Å². The number of likely N-dealkylation sites (N-methyl/N-ethyl adjacent to an activating group) is 1. The van der Waals surface area contributed by atoms with Crippen LogP contribution in [0.4, 0.5) is 5.82 Å². The highest BCUT2D eigenvalue weighted by Gasteiger charge is 2.33. The van der Waals surface area contributed by atoms with Crippen molar-refractivity contribution in [3.8, 4) is 0 Å². The largest absolute Gasteiger partial charge is 0.354 e. The molecule has 2 N–H and O–H groups in total. The maximum atomic E-state index is 4.65. The van der Waals surface area contributed by atoms with Gasteiger partial charge in [0, 0.05) is 52.0 Å². The number of guanidine groups is 1. The molecule has 6 nitrogen and oxygen atoms in total. The van der Waals surface area contributed by atoms with Crippen LogP contribution in [0, 0.1) is 5.92 Å². The van der Waals surface area contributed by atoms with Gasteiger partial charge in [-0.2, -0.15) is 0 Å². The van der Waals surface area contributed by atoms with Gasteiger partial charge in [-0.15, -0.1) is 0 Å². The molecule has 0 aromatic carbocycles. The minimum absolute atomic E-state index is 0.582. The molecule has 0 bridgehead atoms. The Labute approximate surface area is 145 Å². The van der Waals surface area contributed by atoms with Gasteiger partial charge < -0.3 is 20.4 Å². The molecule has 3 rings (SSSR count). The van der Waals surface area contributed by atoms with Crippen LogP contribution in [-0.2, 0) is 6.54 Å². The molecule has 24 heavy (non-hydrogen) atoms. The van der Waals surface area contributed by atoms with E-state index in [1.807, 2.05) is 13.2 Å².